The maximum Gasteiger partial charge on any atom is 0.250 e. The zero-order valence-corrected chi connectivity index (χ0v) is 25.1. The number of anilines is 2. The molecule has 0 saturated carbocycles. The van der Waals surface area contributed by atoms with Crippen molar-refractivity contribution in [2.24, 2.45) is 21.9 Å². The Balaban J connectivity index is 1.71. The highest BCUT2D eigenvalue weighted by atomic mass is 32.1. The Hall–Kier alpha value is -4.19. The third-order valence-electron chi connectivity index (χ3n) is 6.09. The lowest BCUT2D eigenvalue weighted by Crippen LogP contribution is -2.15. The SMILES string of the molecule is CN=c1sc2cc(C(N)=O)cnc2n1C/C=C/CNc1c(NC)cc(C(N)=O)cc1OCCCC(=O)CC(C)(C)C. The van der Waals surface area contributed by atoms with Gasteiger partial charge in [-0.1, -0.05) is 44.3 Å². The zero-order chi connectivity index (χ0) is 30.2. The fraction of sp³-hybridized carbons (Fsp3) is 0.414. The molecule has 0 aliphatic rings. The van der Waals surface area contributed by atoms with E-state index in [1.807, 2.05) is 37.5 Å². The molecule has 0 fully saturated rings. The van der Waals surface area contributed by atoms with Gasteiger partial charge in [0.15, 0.2) is 10.4 Å². The number of benzene rings is 1. The first-order valence-electron chi connectivity index (χ1n) is 13.3. The smallest absolute Gasteiger partial charge is 0.250 e. The number of primary amides is 2. The Labute approximate surface area is 243 Å². The van der Waals surface area contributed by atoms with Crippen LogP contribution in [0.3, 0.4) is 0 Å². The Bertz CT molecular complexity index is 1520. The summed E-state index contributed by atoms with van der Waals surface area (Å²) < 4.78 is 8.81. The van der Waals surface area contributed by atoms with E-state index >= 15 is 0 Å². The minimum absolute atomic E-state index is 0.0487. The van der Waals surface area contributed by atoms with E-state index in [4.69, 9.17) is 16.2 Å². The lowest BCUT2D eigenvalue weighted by atomic mass is 9.89. The predicted molar refractivity (Wildman–Crippen MR) is 164 cm³/mol. The second kappa shape index (κ2) is 13.9. The summed E-state index contributed by atoms with van der Waals surface area (Å²) in [5.74, 6) is -0.415. The second-order valence-electron chi connectivity index (χ2n) is 10.7. The van der Waals surface area contributed by atoms with Crippen molar-refractivity contribution in [2.75, 3.05) is 37.9 Å². The zero-order valence-electron chi connectivity index (χ0n) is 24.2. The van der Waals surface area contributed by atoms with E-state index in [9.17, 15) is 14.4 Å². The molecule has 2 amide bonds. The fourth-order valence-electron chi connectivity index (χ4n) is 4.23. The minimum Gasteiger partial charge on any atom is -0.491 e. The van der Waals surface area contributed by atoms with E-state index in [0.717, 1.165) is 15.1 Å². The number of carbonyl (C=O) groups excluding carboxylic acids is 3. The number of ketones is 1. The van der Waals surface area contributed by atoms with Gasteiger partial charge in [0, 0.05) is 51.8 Å². The van der Waals surface area contributed by atoms with Crippen molar-refractivity contribution in [3.05, 3.63) is 52.5 Å². The molecule has 41 heavy (non-hydrogen) atoms. The van der Waals surface area contributed by atoms with Gasteiger partial charge in [-0.05, 0) is 30.0 Å². The van der Waals surface area contributed by atoms with Gasteiger partial charge in [0.1, 0.15) is 17.2 Å². The number of nitrogens with zero attached hydrogens (tertiary/aromatic N) is 3. The van der Waals surface area contributed by atoms with E-state index in [0.29, 0.717) is 67.2 Å². The maximum atomic E-state index is 12.2. The maximum absolute atomic E-state index is 12.2. The quantitative estimate of drug-likeness (QED) is 0.166. The molecule has 0 aliphatic heterocycles. The summed E-state index contributed by atoms with van der Waals surface area (Å²) in [7, 11) is 3.46. The molecule has 220 valence electrons. The number of aromatic nitrogens is 2. The Morgan fingerprint density at radius 1 is 1.12 bits per heavy atom. The monoisotopic (exact) mass is 581 g/mol. The molecule has 0 spiro atoms. The largest absolute Gasteiger partial charge is 0.491 e. The number of nitrogens with two attached hydrogens (primary N) is 2. The highest BCUT2D eigenvalue weighted by Gasteiger charge is 2.17. The van der Waals surface area contributed by atoms with Gasteiger partial charge in [-0.2, -0.15) is 0 Å². The Morgan fingerprint density at radius 3 is 2.49 bits per heavy atom. The number of rotatable bonds is 14. The average Bonchev–Trinajstić information content (AvgIpc) is 3.26. The third kappa shape index (κ3) is 8.65. The molecule has 1 aromatic carbocycles. The summed E-state index contributed by atoms with van der Waals surface area (Å²) in [5, 5.41) is 6.45. The summed E-state index contributed by atoms with van der Waals surface area (Å²) in [4.78, 5) is 45.2. The number of amides is 2. The van der Waals surface area contributed by atoms with Crippen molar-refractivity contribution in [3.8, 4) is 5.75 Å². The topological polar surface area (TPSA) is 167 Å². The Morgan fingerprint density at radius 2 is 1.85 bits per heavy atom. The van der Waals surface area contributed by atoms with E-state index in [2.05, 4.69) is 20.6 Å². The summed E-state index contributed by atoms with van der Waals surface area (Å²) in [6.45, 7) is 7.43. The fourth-order valence-corrected chi connectivity index (χ4v) is 5.23. The average molecular weight is 582 g/mol. The molecular formula is C29H39N7O4S. The molecule has 3 aromatic rings. The second-order valence-corrected chi connectivity index (χ2v) is 11.7. The predicted octanol–water partition coefficient (Wildman–Crippen LogP) is 3.70. The molecule has 0 aliphatic carbocycles. The number of ether oxygens (including phenoxy) is 1. The van der Waals surface area contributed by atoms with E-state index < -0.39 is 11.8 Å². The van der Waals surface area contributed by atoms with Crippen molar-refractivity contribution < 1.29 is 19.1 Å². The van der Waals surface area contributed by atoms with Crippen molar-refractivity contribution in [1.29, 1.82) is 0 Å². The summed E-state index contributed by atoms with van der Waals surface area (Å²) in [5.41, 5.74) is 13.6. The molecule has 0 unspecified atom stereocenters. The van der Waals surface area contributed by atoms with Gasteiger partial charge in [0.05, 0.1) is 22.6 Å². The van der Waals surface area contributed by atoms with Gasteiger partial charge in [-0.3, -0.25) is 23.9 Å². The molecule has 12 heteroatoms. The van der Waals surface area contributed by atoms with Gasteiger partial charge < -0.3 is 26.8 Å². The lowest BCUT2D eigenvalue weighted by Gasteiger charge is -2.18. The number of allylic oxidation sites excluding steroid dienone is 1. The van der Waals surface area contributed by atoms with Gasteiger partial charge in [-0.15, -0.1) is 0 Å². The van der Waals surface area contributed by atoms with E-state index in [-0.39, 0.29) is 11.2 Å². The number of carbonyl (C=O) groups is 3. The standard InChI is InChI=1S/C29H39N7O4S/c1-29(2,3)16-20(37)9-8-12-40-22-14-18(25(30)38)13-21(32-4)24(22)34-10-6-7-11-36-27-23(41-28(36)33-5)15-19(17-35-27)26(31)39/h6-7,13-15,17,32,34H,8-12,16H2,1-5H3,(H2,30,38)(H2,31,39)/b7-6+,33-28?. The summed E-state index contributed by atoms with van der Waals surface area (Å²) in [6, 6.07) is 5.01. The van der Waals surface area contributed by atoms with Crippen LogP contribution in [0, 0.1) is 5.41 Å². The molecule has 2 aromatic heterocycles. The van der Waals surface area contributed by atoms with Crippen LogP contribution in [0.2, 0.25) is 0 Å². The first kappa shape index (κ1) is 31.3. The third-order valence-corrected chi connectivity index (χ3v) is 7.19. The first-order valence-corrected chi connectivity index (χ1v) is 14.2. The van der Waals surface area contributed by atoms with Crippen LogP contribution >= 0.6 is 11.3 Å². The van der Waals surface area contributed by atoms with Crippen LogP contribution in [0.4, 0.5) is 11.4 Å². The number of thiazole rings is 1. The number of fused-ring (bicyclic) bond motifs is 1. The highest BCUT2D eigenvalue weighted by molar-refractivity contribution is 7.16. The molecular weight excluding hydrogens is 542 g/mol. The van der Waals surface area contributed by atoms with Crippen LogP contribution in [-0.2, 0) is 11.3 Å². The van der Waals surface area contributed by atoms with Crippen molar-refractivity contribution >= 4 is 50.7 Å². The summed E-state index contributed by atoms with van der Waals surface area (Å²) in [6.07, 6.45) is 6.92. The van der Waals surface area contributed by atoms with Crippen molar-refractivity contribution in [2.45, 2.75) is 46.6 Å². The van der Waals surface area contributed by atoms with Gasteiger partial charge >= 0.3 is 0 Å². The lowest BCUT2D eigenvalue weighted by molar-refractivity contribution is -0.120. The molecule has 11 nitrogen and oxygen atoms in total. The van der Waals surface area contributed by atoms with Crippen LogP contribution in [0.1, 0.15) is 60.7 Å². The number of Topliss-reactive ketones (excluding diaryl/α,β-unsaturated/α-hetero) is 1. The van der Waals surface area contributed by atoms with Crippen LogP contribution < -0.4 is 31.6 Å². The Kier molecular flexibility index (Phi) is 10.6. The first-order chi connectivity index (χ1) is 19.4. The van der Waals surface area contributed by atoms with Crippen LogP contribution in [-0.4, -0.2) is 54.4 Å². The molecule has 0 saturated heterocycles. The van der Waals surface area contributed by atoms with Crippen LogP contribution in [0.15, 0.2) is 41.5 Å². The number of hydrogen-bond acceptors (Lipinski definition) is 9. The normalized spacial score (nSPS) is 12.2. The molecule has 0 atom stereocenters. The van der Waals surface area contributed by atoms with Gasteiger partial charge in [-0.25, -0.2) is 4.98 Å². The highest BCUT2D eigenvalue weighted by Crippen LogP contribution is 2.34. The van der Waals surface area contributed by atoms with Crippen molar-refractivity contribution in [1.82, 2.24) is 9.55 Å². The molecule has 0 radical (unpaired) electrons. The molecule has 2 heterocycles. The van der Waals surface area contributed by atoms with Gasteiger partial charge in [0.25, 0.3) is 0 Å². The number of hydrogen-bond donors (Lipinski definition) is 4. The number of nitrogens with one attached hydrogen (secondary N) is 2. The van der Waals surface area contributed by atoms with Crippen LogP contribution in [0.5, 0.6) is 5.75 Å². The number of pyridine rings is 1. The minimum atomic E-state index is -0.563. The molecule has 3 rings (SSSR count). The van der Waals surface area contributed by atoms with E-state index in [1.165, 1.54) is 17.5 Å². The van der Waals surface area contributed by atoms with Crippen LogP contribution in [0.25, 0.3) is 10.3 Å². The van der Waals surface area contributed by atoms with Crippen molar-refractivity contribution in [3.63, 3.8) is 0 Å². The summed E-state index contributed by atoms with van der Waals surface area (Å²) >= 11 is 1.43. The van der Waals surface area contributed by atoms with Gasteiger partial charge in [0.2, 0.25) is 11.8 Å². The van der Waals surface area contributed by atoms with E-state index in [1.54, 1.807) is 32.3 Å². The molecule has 6 N–H and O–H groups in total. The molecule has 0 bridgehead atoms.